The molecule has 1 aliphatic carbocycles. The molecule has 0 bridgehead atoms. The zero-order valence-electron chi connectivity index (χ0n) is 17.4. The smallest absolute Gasteiger partial charge is 0.267 e. The van der Waals surface area contributed by atoms with Crippen molar-refractivity contribution >= 4 is 33.3 Å². The summed E-state index contributed by atoms with van der Waals surface area (Å²) in [7, 11) is -2.47. The van der Waals surface area contributed by atoms with Gasteiger partial charge in [-0.2, -0.15) is 0 Å². The fourth-order valence-electron chi connectivity index (χ4n) is 3.75. The SMILES string of the molecule is COc1cc(C(=O)NS(C)(=O)=O)c(F)cc1-c1cnc(NCCC2CCCC2)c(Cl)c1. The summed E-state index contributed by atoms with van der Waals surface area (Å²) < 4.78 is 44.2. The summed E-state index contributed by atoms with van der Waals surface area (Å²) in [5.74, 6) is -0.502. The van der Waals surface area contributed by atoms with Crippen molar-refractivity contribution in [2.24, 2.45) is 5.92 Å². The molecule has 2 aromatic rings. The van der Waals surface area contributed by atoms with Crippen molar-refractivity contribution in [2.75, 3.05) is 25.2 Å². The van der Waals surface area contributed by atoms with Gasteiger partial charge in [-0.1, -0.05) is 37.3 Å². The maximum absolute atomic E-state index is 14.6. The van der Waals surface area contributed by atoms with Gasteiger partial charge in [0.2, 0.25) is 10.0 Å². The lowest BCUT2D eigenvalue weighted by Gasteiger charge is -2.14. The maximum atomic E-state index is 14.6. The Kier molecular flexibility index (Phi) is 7.38. The first-order chi connectivity index (χ1) is 14.7. The Hall–Kier alpha value is -2.39. The van der Waals surface area contributed by atoms with Gasteiger partial charge < -0.3 is 10.1 Å². The summed E-state index contributed by atoms with van der Waals surface area (Å²) in [6, 6.07) is 3.88. The van der Waals surface area contributed by atoms with Gasteiger partial charge >= 0.3 is 0 Å². The number of ether oxygens (including phenoxy) is 1. The molecule has 3 rings (SSSR count). The number of carbonyl (C=O) groups is 1. The molecule has 168 valence electrons. The second-order valence-corrected chi connectivity index (χ2v) is 9.81. The number of methoxy groups -OCH3 is 1. The molecule has 0 spiro atoms. The largest absolute Gasteiger partial charge is 0.496 e. The van der Waals surface area contributed by atoms with Crippen molar-refractivity contribution in [2.45, 2.75) is 32.1 Å². The topological polar surface area (TPSA) is 97.4 Å². The van der Waals surface area contributed by atoms with Crippen LogP contribution >= 0.6 is 11.6 Å². The number of amides is 1. The van der Waals surface area contributed by atoms with Crippen LogP contribution in [-0.4, -0.2) is 39.2 Å². The second-order valence-electron chi connectivity index (χ2n) is 7.66. The Morgan fingerprint density at radius 3 is 2.61 bits per heavy atom. The molecule has 1 saturated carbocycles. The highest BCUT2D eigenvalue weighted by molar-refractivity contribution is 7.89. The molecule has 1 aromatic carbocycles. The second kappa shape index (κ2) is 9.82. The number of anilines is 1. The highest BCUT2D eigenvalue weighted by Crippen LogP contribution is 2.35. The lowest BCUT2D eigenvalue weighted by Crippen LogP contribution is -2.30. The first-order valence-electron chi connectivity index (χ1n) is 9.97. The number of hydrogen-bond donors (Lipinski definition) is 2. The van der Waals surface area contributed by atoms with Gasteiger partial charge in [-0.25, -0.2) is 22.5 Å². The van der Waals surface area contributed by atoms with Crippen LogP contribution in [-0.2, 0) is 10.0 Å². The number of halogens is 2. The van der Waals surface area contributed by atoms with Crippen LogP contribution in [0.1, 0.15) is 42.5 Å². The number of carbonyl (C=O) groups excluding carboxylic acids is 1. The average molecular weight is 470 g/mol. The van der Waals surface area contributed by atoms with Gasteiger partial charge in [-0.05, 0) is 30.5 Å². The number of rotatable bonds is 8. The van der Waals surface area contributed by atoms with Gasteiger partial charge in [-0.15, -0.1) is 0 Å². The van der Waals surface area contributed by atoms with E-state index in [-0.39, 0.29) is 5.75 Å². The van der Waals surface area contributed by atoms with Gasteiger partial charge in [0, 0.05) is 23.9 Å². The molecule has 7 nitrogen and oxygen atoms in total. The van der Waals surface area contributed by atoms with Gasteiger partial charge in [0.25, 0.3) is 5.91 Å². The first kappa shape index (κ1) is 23.3. The van der Waals surface area contributed by atoms with E-state index < -0.39 is 27.3 Å². The first-order valence-corrected chi connectivity index (χ1v) is 12.2. The monoisotopic (exact) mass is 469 g/mol. The van der Waals surface area contributed by atoms with Crippen LogP contribution < -0.4 is 14.8 Å². The Bertz CT molecular complexity index is 1070. The van der Waals surface area contributed by atoms with Gasteiger partial charge in [0.05, 0.1) is 24.0 Å². The van der Waals surface area contributed by atoms with Crippen molar-refractivity contribution in [3.63, 3.8) is 0 Å². The lowest BCUT2D eigenvalue weighted by atomic mass is 10.0. The number of hydrogen-bond acceptors (Lipinski definition) is 6. The van der Waals surface area contributed by atoms with E-state index in [4.69, 9.17) is 16.3 Å². The maximum Gasteiger partial charge on any atom is 0.267 e. The van der Waals surface area contributed by atoms with E-state index in [0.29, 0.717) is 22.0 Å². The van der Waals surface area contributed by atoms with Crippen LogP contribution in [0.15, 0.2) is 24.4 Å². The fraction of sp³-hybridized carbons (Fsp3) is 0.429. The van der Waals surface area contributed by atoms with Crippen molar-refractivity contribution in [3.8, 4) is 16.9 Å². The molecule has 1 fully saturated rings. The third-order valence-electron chi connectivity index (χ3n) is 5.28. The van der Waals surface area contributed by atoms with E-state index >= 15 is 0 Å². The Labute approximate surface area is 186 Å². The number of aromatic nitrogens is 1. The van der Waals surface area contributed by atoms with Crippen LogP contribution in [0.5, 0.6) is 5.75 Å². The number of benzene rings is 1. The summed E-state index contributed by atoms with van der Waals surface area (Å²) in [5, 5.41) is 3.63. The van der Waals surface area contributed by atoms with Crippen LogP contribution in [0, 0.1) is 11.7 Å². The predicted octanol–water partition coefficient (Wildman–Crippen LogP) is 4.23. The van der Waals surface area contributed by atoms with Gasteiger partial charge in [0.15, 0.2) is 0 Å². The predicted molar refractivity (Wildman–Crippen MR) is 119 cm³/mol. The van der Waals surface area contributed by atoms with E-state index in [2.05, 4.69) is 10.3 Å². The third-order valence-corrected chi connectivity index (χ3v) is 6.13. The fourth-order valence-corrected chi connectivity index (χ4v) is 4.43. The number of sulfonamides is 1. The molecular weight excluding hydrogens is 445 g/mol. The van der Waals surface area contributed by atoms with Crippen LogP contribution in [0.2, 0.25) is 5.02 Å². The van der Waals surface area contributed by atoms with E-state index in [1.807, 2.05) is 0 Å². The zero-order chi connectivity index (χ0) is 22.6. The molecule has 0 radical (unpaired) electrons. The Morgan fingerprint density at radius 2 is 2.00 bits per heavy atom. The van der Waals surface area contributed by atoms with Crippen molar-refractivity contribution in [1.82, 2.24) is 9.71 Å². The van der Waals surface area contributed by atoms with E-state index in [1.54, 1.807) is 10.8 Å². The highest BCUT2D eigenvalue weighted by Gasteiger charge is 2.20. The molecule has 31 heavy (non-hydrogen) atoms. The summed E-state index contributed by atoms with van der Waals surface area (Å²) >= 11 is 6.37. The Balaban J connectivity index is 1.80. The molecule has 1 amide bonds. The van der Waals surface area contributed by atoms with Crippen LogP contribution in [0.4, 0.5) is 10.2 Å². The zero-order valence-corrected chi connectivity index (χ0v) is 18.9. The molecule has 1 aliphatic rings. The molecule has 0 aliphatic heterocycles. The minimum Gasteiger partial charge on any atom is -0.496 e. The van der Waals surface area contributed by atoms with Crippen molar-refractivity contribution < 1.29 is 22.3 Å². The van der Waals surface area contributed by atoms with Gasteiger partial charge in [0.1, 0.15) is 17.4 Å². The number of nitrogens with one attached hydrogen (secondary N) is 2. The Morgan fingerprint density at radius 1 is 1.29 bits per heavy atom. The van der Waals surface area contributed by atoms with Crippen LogP contribution in [0.25, 0.3) is 11.1 Å². The minimum atomic E-state index is -3.84. The molecule has 2 N–H and O–H groups in total. The normalized spacial score (nSPS) is 14.5. The summed E-state index contributed by atoms with van der Waals surface area (Å²) in [6.07, 6.45) is 8.55. The molecule has 1 aromatic heterocycles. The molecule has 10 heteroatoms. The quantitative estimate of drug-likeness (QED) is 0.600. The standard InChI is InChI=1S/C21H25ClFN3O4S/c1-30-19-11-16(21(27)26-31(2,28)29)18(23)10-15(19)14-9-17(22)20(25-12-14)24-8-7-13-5-3-4-6-13/h9-13H,3-8H2,1-2H3,(H,24,25)(H,26,27). The minimum absolute atomic E-state index is 0.180. The van der Waals surface area contributed by atoms with E-state index in [1.165, 1.54) is 39.0 Å². The summed E-state index contributed by atoms with van der Waals surface area (Å²) in [5.41, 5.74) is 0.384. The van der Waals surface area contributed by atoms with Crippen molar-refractivity contribution in [3.05, 3.63) is 40.8 Å². The van der Waals surface area contributed by atoms with Crippen LogP contribution in [0.3, 0.4) is 0 Å². The lowest BCUT2D eigenvalue weighted by molar-refractivity contribution is 0.0977. The highest BCUT2D eigenvalue weighted by atomic mass is 35.5. The third kappa shape index (κ3) is 6.07. The summed E-state index contributed by atoms with van der Waals surface area (Å²) in [6.45, 7) is 0.777. The van der Waals surface area contributed by atoms with E-state index in [0.717, 1.165) is 37.3 Å². The molecule has 0 atom stereocenters. The molecule has 1 heterocycles. The summed E-state index contributed by atoms with van der Waals surface area (Å²) in [4.78, 5) is 16.4. The van der Waals surface area contributed by atoms with Gasteiger partial charge in [-0.3, -0.25) is 4.79 Å². The number of pyridine rings is 1. The number of nitrogens with zero attached hydrogens (tertiary/aromatic N) is 1. The molecular formula is C21H25ClFN3O4S. The molecule has 0 saturated heterocycles. The van der Waals surface area contributed by atoms with E-state index in [9.17, 15) is 17.6 Å². The molecule has 0 unspecified atom stereocenters. The average Bonchev–Trinajstić information content (AvgIpc) is 3.21. The van der Waals surface area contributed by atoms with Crippen molar-refractivity contribution in [1.29, 1.82) is 0 Å².